The van der Waals surface area contributed by atoms with E-state index < -0.39 is 0 Å². The van der Waals surface area contributed by atoms with E-state index in [1.165, 1.54) is 62.8 Å². The van der Waals surface area contributed by atoms with E-state index in [9.17, 15) is 0 Å². The third kappa shape index (κ3) is 3.34. The smallest absolute Gasteiger partial charge is 0.0765 e. The molecule has 0 aromatic carbocycles. The van der Waals surface area contributed by atoms with Crippen molar-refractivity contribution >= 4 is 0 Å². The summed E-state index contributed by atoms with van der Waals surface area (Å²) < 4.78 is 2.23. The number of hydrogen-bond acceptors (Lipinski definition) is 3. The normalized spacial score (nSPS) is 24.1. The first-order valence-electron chi connectivity index (χ1n) is 9.17. The fourth-order valence-corrected chi connectivity index (χ4v) is 4.20. The van der Waals surface area contributed by atoms with Gasteiger partial charge in [-0.3, -0.25) is 14.7 Å². The highest BCUT2D eigenvalue weighted by molar-refractivity contribution is 5.08. The van der Waals surface area contributed by atoms with Crippen LogP contribution in [0.1, 0.15) is 74.8 Å². The molecule has 1 aliphatic heterocycles. The molecule has 1 unspecified atom stereocenters. The molecule has 0 spiro atoms. The van der Waals surface area contributed by atoms with E-state index >= 15 is 0 Å². The minimum absolute atomic E-state index is 0.464. The van der Waals surface area contributed by atoms with Gasteiger partial charge in [-0.15, -0.1) is 0 Å². The number of nitrogens with zero attached hydrogens (tertiary/aromatic N) is 4. The summed E-state index contributed by atoms with van der Waals surface area (Å²) in [6, 6.07) is 5.42. The van der Waals surface area contributed by atoms with Crippen LogP contribution in [0.4, 0.5) is 0 Å². The monoisotopic (exact) mass is 313 g/mol. The average molecular weight is 313 g/mol. The number of likely N-dealkylation sites (tertiary alicyclic amines) is 1. The van der Waals surface area contributed by atoms with Crippen LogP contribution >= 0.6 is 0 Å². The Labute approximate surface area is 138 Å². The molecule has 1 atom stereocenters. The summed E-state index contributed by atoms with van der Waals surface area (Å²) in [5, 5.41) is 12.2. The summed E-state index contributed by atoms with van der Waals surface area (Å²) in [4.78, 5) is 2.56. The van der Waals surface area contributed by atoms with Crippen molar-refractivity contribution in [2.45, 2.75) is 70.0 Å². The Morgan fingerprint density at radius 2 is 1.91 bits per heavy atom. The lowest BCUT2D eigenvalue weighted by Gasteiger charge is -2.34. The Morgan fingerprint density at radius 3 is 2.74 bits per heavy atom. The second-order valence-electron chi connectivity index (χ2n) is 7.07. The fourth-order valence-electron chi connectivity index (χ4n) is 4.20. The Morgan fingerprint density at radius 1 is 1.04 bits per heavy atom. The van der Waals surface area contributed by atoms with Gasteiger partial charge in [0.25, 0.3) is 0 Å². The number of H-pyrrole nitrogens is 1. The maximum Gasteiger partial charge on any atom is 0.0765 e. The van der Waals surface area contributed by atoms with Crippen LogP contribution in [-0.2, 0) is 6.54 Å². The quantitative estimate of drug-likeness (QED) is 0.933. The number of piperidine rings is 1. The van der Waals surface area contributed by atoms with E-state index in [1.54, 1.807) is 0 Å². The molecular weight excluding hydrogens is 286 g/mol. The Bertz CT molecular complexity index is 597. The lowest BCUT2D eigenvalue weighted by molar-refractivity contribution is 0.135. The van der Waals surface area contributed by atoms with Gasteiger partial charge in [0.1, 0.15) is 0 Å². The topological polar surface area (TPSA) is 49.7 Å². The molecule has 1 saturated carbocycles. The second kappa shape index (κ2) is 6.87. The van der Waals surface area contributed by atoms with Crippen molar-refractivity contribution in [2.24, 2.45) is 0 Å². The zero-order chi connectivity index (χ0) is 15.5. The molecule has 1 saturated heterocycles. The summed E-state index contributed by atoms with van der Waals surface area (Å²) in [5.41, 5.74) is 2.46. The molecule has 5 heteroatoms. The first-order chi connectivity index (χ1) is 11.4. The largest absolute Gasteiger partial charge is 0.289 e. The van der Waals surface area contributed by atoms with Gasteiger partial charge in [0.15, 0.2) is 0 Å². The number of aromatic amines is 1. The lowest BCUT2D eigenvalue weighted by Crippen LogP contribution is -2.33. The number of aromatic nitrogens is 4. The molecule has 124 valence electrons. The minimum Gasteiger partial charge on any atom is -0.289 e. The maximum absolute atomic E-state index is 4.89. The Balaban J connectivity index is 1.45. The summed E-state index contributed by atoms with van der Waals surface area (Å²) in [6.07, 6.45) is 14.5. The van der Waals surface area contributed by atoms with E-state index in [-0.39, 0.29) is 0 Å². The highest BCUT2D eigenvalue weighted by Crippen LogP contribution is 2.31. The van der Waals surface area contributed by atoms with Gasteiger partial charge in [-0.05, 0) is 44.4 Å². The van der Waals surface area contributed by atoms with Crippen LogP contribution in [0.15, 0.2) is 24.5 Å². The average Bonchev–Trinajstić information content (AvgIpc) is 3.28. The van der Waals surface area contributed by atoms with E-state index in [2.05, 4.69) is 38.1 Å². The molecule has 23 heavy (non-hydrogen) atoms. The van der Waals surface area contributed by atoms with Gasteiger partial charge >= 0.3 is 0 Å². The molecule has 2 fully saturated rings. The van der Waals surface area contributed by atoms with Crippen molar-refractivity contribution in [1.82, 2.24) is 24.9 Å². The molecule has 1 N–H and O–H groups in total. The number of hydrogen-bond donors (Lipinski definition) is 1. The van der Waals surface area contributed by atoms with E-state index in [4.69, 9.17) is 5.10 Å². The van der Waals surface area contributed by atoms with Crippen molar-refractivity contribution in [1.29, 1.82) is 0 Å². The summed E-state index contributed by atoms with van der Waals surface area (Å²) >= 11 is 0. The fraction of sp³-hybridized carbons (Fsp3) is 0.667. The Kier molecular flexibility index (Phi) is 4.46. The van der Waals surface area contributed by atoms with Crippen LogP contribution < -0.4 is 0 Å². The van der Waals surface area contributed by atoms with Crippen LogP contribution in [0.5, 0.6) is 0 Å². The van der Waals surface area contributed by atoms with Crippen LogP contribution in [0.2, 0.25) is 0 Å². The molecule has 0 bridgehead atoms. The van der Waals surface area contributed by atoms with Crippen LogP contribution in [0.3, 0.4) is 0 Å². The molecule has 2 aromatic heterocycles. The predicted molar refractivity (Wildman–Crippen MR) is 89.9 cm³/mol. The number of nitrogens with one attached hydrogen (secondary N) is 1. The minimum atomic E-state index is 0.464. The SMILES string of the molecule is c1cc(C2CCCCN2Cc2ccn(C3CCCCC3)n2)[nH]n1. The molecule has 4 rings (SSSR count). The molecule has 1 aliphatic carbocycles. The van der Waals surface area contributed by atoms with Crippen LogP contribution in [0.25, 0.3) is 0 Å². The third-order valence-electron chi connectivity index (χ3n) is 5.47. The highest BCUT2D eigenvalue weighted by atomic mass is 15.3. The van der Waals surface area contributed by atoms with Crippen LogP contribution in [0, 0.1) is 0 Å². The summed E-state index contributed by atoms with van der Waals surface area (Å²) in [7, 11) is 0. The van der Waals surface area contributed by atoms with Crippen molar-refractivity contribution in [3.63, 3.8) is 0 Å². The van der Waals surface area contributed by atoms with Gasteiger partial charge in [-0.25, -0.2) is 0 Å². The predicted octanol–water partition coefficient (Wildman–Crippen LogP) is 3.84. The van der Waals surface area contributed by atoms with E-state index in [1.807, 2.05) is 6.20 Å². The van der Waals surface area contributed by atoms with Crippen molar-refractivity contribution in [3.05, 3.63) is 35.9 Å². The van der Waals surface area contributed by atoms with Crippen molar-refractivity contribution in [2.75, 3.05) is 6.54 Å². The van der Waals surface area contributed by atoms with Gasteiger partial charge in [0.05, 0.1) is 23.5 Å². The lowest BCUT2D eigenvalue weighted by atomic mass is 9.96. The van der Waals surface area contributed by atoms with E-state index in [0.717, 1.165) is 13.1 Å². The van der Waals surface area contributed by atoms with Gasteiger partial charge in [-0.2, -0.15) is 10.2 Å². The molecule has 5 nitrogen and oxygen atoms in total. The summed E-state index contributed by atoms with van der Waals surface area (Å²) in [5.74, 6) is 0. The van der Waals surface area contributed by atoms with Gasteiger partial charge in [0, 0.05) is 18.9 Å². The molecule has 0 amide bonds. The molecular formula is C18H27N5. The maximum atomic E-state index is 4.89. The second-order valence-corrected chi connectivity index (χ2v) is 7.07. The van der Waals surface area contributed by atoms with Gasteiger partial charge < -0.3 is 0 Å². The number of rotatable bonds is 4. The molecule has 2 aromatic rings. The standard InChI is InChI=1S/C18H27N5/c1-2-6-16(7-3-1)23-13-10-15(21-23)14-22-12-5-4-8-18(22)17-9-11-19-20-17/h9-11,13,16,18H,1-8,12,14H2,(H,19,20). The van der Waals surface area contributed by atoms with E-state index in [0.29, 0.717) is 12.1 Å². The molecule has 2 aliphatic rings. The first-order valence-corrected chi connectivity index (χ1v) is 9.17. The molecule has 0 radical (unpaired) electrons. The van der Waals surface area contributed by atoms with Crippen molar-refractivity contribution < 1.29 is 0 Å². The summed E-state index contributed by atoms with van der Waals surface area (Å²) in [6.45, 7) is 2.10. The highest BCUT2D eigenvalue weighted by Gasteiger charge is 2.26. The van der Waals surface area contributed by atoms with Crippen molar-refractivity contribution in [3.8, 4) is 0 Å². The van der Waals surface area contributed by atoms with Gasteiger partial charge in [0.2, 0.25) is 0 Å². The molecule has 3 heterocycles. The zero-order valence-corrected chi connectivity index (χ0v) is 13.8. The zero-order valence-electron chi connectivity index (χ0n) is 13.8. The Hall–Kier alpha value is -1.62. The van der Waals surface area contributed by atoms with Crippen LogP contribution in [-0.4, -0.2) is 31.4 Å². The third-order valence-corrected chi connectivity index (χ3v) is 5.47. The van der Waals surface area contributed by atoms with Gasteiger partial charge in [-0.1, -0.05) is 25.7 Å². The first kappa shape index (κ1) is 14.9.